The highest BCUT2D eigenvalue weighted by Crippen LogP contribution is 2.28. The third kappa shape index (κ3) is 2.94. The van der Waals surface area contributed by atoms with Gasteiger partial charge in [-0.15, -0.1) is 0 Å². The first-order valence-corrected chi connectivity index (χ1v) is 6.38. The number of carbonyl (C=O) groups excluding carboxylic acids is 1. The number of nitrogens with zero attached hydrogens (tertiary/aromatic N) is 2. The molecule has 0 aliphatic heterocycles. The molecule has 6 nitrogen and oxygen atoms in total. The van der Waals surface area contributed by atoms with Crippen LogP contribution in [0.2, 0.25) is 0 Å². The normalized spacial score (nSPS) is 10.7. The van der Waals surface area contributed by atoms with Crippen molar-refractivity contribution in [3.63, 3.8) is 0 Å². The van der Waals surface area contributed by atoms with Crippen LogP contribution in [0.15, 0.2) is 18.2 Å². The first-order valence-electron chi connectivity index (χ1n) is 6.38. The molecule has 0 spiro atoms. The molecular weight excluding hydrogens is 258 g/mol. The molecule has 6 heteroatoms. The van der Waals surface area contributed by atoms with E-state index in [-0.39, 0.29) is 11.6 Å². The minimum atomic E-state index is -1.06. The topological polar surface area (TPSA) is 96.0 Å². The Morgan fingerprint density at radius 2 is 2.05 bits per heavy atom. The number of nitrogens with one attached hydrogen (secondary N) is 1. The van der Waals surface area contributed by atoms with Gasteiger partial charge in [-0.25, -0.2) is 0 Å². The summed E-state index contributed by atoms with van der Waals surface area (Å²) in [4.78, 5) is 22.4. The lowest BCUT2D eigenvalue weighted by Gasteiger charge is -2.22. The monoisotopic (exact) mass is 275 g/mol. The van der Waals surface area contributed by atoms with Crippen molar-refractivity contribution >= 4 is 17.3 Å². The Labute approximate surface area is 117 Å². The van der Waals surface area contributed by atoms with Crippen LogP contribution in [0.25, 0.3) is 0 Å². The van der Waals surface area contributed by atoms with E-state index >= 15 is 0 Å². The lowest BCUT2D eigenvalue weighted by atomic mass is 9.83. The molecule has 20 heavy (non-hydrogen) atoms. The molecule has 0 radical (unpaired) electrons. The zero-order chi connectivity index (χ0) is 15.3. The smallest absolute Gasteiger partial charge is 0.272 e. The van der Waals surface area contributed by atoms with Gasteiger partial charge in [0.15, 0.2) is 0 Å². The second kappa shape index (κ2) is 6.15. The number of anilines is 1. The first-order chi connectivity index (χ1) is 9.40. The summed E-state index contributed by atoms with van der Waals surface area (Å²) in [6, 6.07) is 6.40. The van der Waals surface area contributed by atoms with E-state index in [1.807, 2.05) is 0 Å². The molecule has 0 bridgehead atoms. The molecule has 1 aromatic rings. The van der Waals surface area contributed by atoms with Gasteiger partial charge in [0.1, 0.15) is 5.41 Å². The highest BCUT2D eigenvalue weighted by atomic mass is 16.6. The molecular formula is C14H17N3O3. The molecule has 1 amide bonds. The molecule has 0 aliphatic carbocycles. The molecule has 0 fully saturated rings. The maximum absolute atomic E-state index is 12.2. The summed E-state index contributed by atoms with van der Waals surface area (Å²) in [6.07, 6.45) is 0.829. The molecule has 0 aliphatic rings. The minimum absolute atomic E-state index is 0.000489. The quantitative estimate of drug-likeness (QED) is 0.659. The fourth-order valence-electron chi connectivity index (χ4n) is 1.97. The average Bonchev–Trinajstić information content (AvgIpc) is 2.41. The zero-order valence-electron chi connectivity index (χ0n) is 11.8. The average molecular weight is 275 g/mol. The Bertz CT molecular complexity index is 572. The van der Waals surface area contributed by atoms with Crippen LogP contribution < -0.4 is 5.32 Å². The van der Waals surface area contributed by atoms with Crippen molar-refractivity contribution in [2.75, 3.05) is 5.32 Å². The molecule has 0 unspecified atom stereocenters. The Hall–Kier alpha value is -2.42. The summed E-state index contributed by atoms with van der Waals surface area (Å²) < 4.78 is 0. The lowest BCUT2D eigenvalue weighted by Crippen LogP contribution is -2.33. The minimum Gasteiger partial charge on any atom is -0.325 e. The number of carbonyl (C=O) groups is 1. The summed E-state index contributed by atoms with van der Waals surface area (Å²) in [5.41, 5.74) is -0.140. The van der Waals surface area contributed by atoms with Crippen molar-refractivity contribution in [3.05, 3.63) is 33.9 Å². The first kappa shape index (κ1) is 15.6. The fraction of sp³-hybridized carbons (Fsp3) is 0.429. The molecule has 0 aromatic heterocycles. The van der Waals surface area contributed by atoms with Gasteiger partial charge in [0.2, 0.25) is 5.91 Å². The van der Waals surface area contributed by atoms with Crippen LogP contribution >= 0.6 is 0 Å². The van der Waals surface area contributed by atoms with Gasteiger partial charge in [-0.1, -0.05) is 13.8 Å². The van der Waals surface area contributed by atoms with Crippen molar-refractivity contribution in [1.29, 1.82) is 5.26 Å². The number of benzene rings is 1. The molecule has 1 rings (SSSR count). The van der Waals surface area contributed by atoms with Crippen molar-refractivity contribution in [1.82, 2.24) is 0 Å². The molecule has 1 aromatic carbocycles. The molecule has 0 saturated heterocycles. The standard InChI is InChI=1S/C14H17N3O3/c1-4-14(5-2,9-15)13(18)16-11-6-7-12(17(19)20)10(3)8-11/h6-8H,4-5H2,1-3H3,(H,16,18). The van der Waals surface area contributed by atoms with Gasteiger partial charge in [-0.05, 0) is 31.9 Å². The maximum Gasteiger partial charge on any atom is 0.272 e. The summed E-state index contributed by atoms with van der Waals surface area (Å²) >= 11 is 0. The van der Waals surface area contributed by atoms with Crippen LogP contribution in [0.1, 0.15) is 32.3 Å². The fourth-order valence-corrected chi connectivity index (χ4v) is 1.97. The van der Waals surface area contributed by atoms with E-state index < -0.39 is 10.3 Å². The van der Waals surface area contributed by atoms with Gasteiger partial charge >= 0.3 is 0 Å². The van der Waals surface area contributed by atoms with E-state index in [0.29, 0.717) is 24.1 Å². The van der Waals surface area contributed by atoms with Crippen molar-refractivity contribution in [2.45, 2.75) is 33.6 Å². The van der Waals surface area contributed by atoms with Crippen molar-refractivity contribution in [3.8, 4) is 6.07 Å². The number of rotatable bonds is 5. The number of nitro benzene ring substituents is 1. The van der Waals surface area contributed by atoms with Gasteiger partial charge in [-0.2, -0.15) is 5.26 Å². The predicted molar refractivity (Wildman–Crippen MR) is 75.1 cm³/mol. The molecule has 0 heterocycles. The maximum atomic E-state index is 12.2. The zero-order valence-corrected chi connectivity index (χ0v) is 11.8. The summed E-state index contributed by atoms with van der Waals surface area (Å²) in [6.45, 7) is 5.17. The highest BCUT2D eigenvalue weighted by Gasteiger charge is 2.35. The summed E-state index contributed by atoms with van der Waals surface area (Å²) in [5, 5.41) is 22.6. The van der Waals surface area contributed by atoms with Crippen LogP contribution in [0, 0.1) is 33.8 Å². The predicted octanol–water partition coefficient (Wildman–Crippen LogP) is 3.17. The lowest BCUT2D eigenvalue weighted by molar-refractivity contribution is -0.385. The Morgan fingerprint density at radius 3 is 2.45 bits per heavy atom. The second-order valence-corrected chi connectivity index (χ2v) is 4.61. The third-order valence-corrected chi connectivity index (χ3v) is 3.51. The van der Waals surface area contributed by atoms with Crippen molar-refractivity contribution in [2.24, 2.45) is 5.41 Å². The van der Waals surface area contributed by atoms with Crippen LogP contribution in [-0.4, -0.2) is 10.8 Å². The third-order valence-electron chi connectivity index (χ3n) is 3.51. The van der Waals surface area contributed by atoms with E-state index in [9.17, 15) is 20.2 Å². The second-order valence-electron chi connectivity index (χ2n) is 4.61. The Morgan fingerprint density at radius 1 is 1.45 bits per heavy atom. The number of aryl methyl sites for hydroxylation is 1. The Balaban J connectivity index is 3.00. The van der Waals surface area contributed by atoms with E-state index in [4.69, 9.17) is 0 Å². The van der Waals surface area contributed by atoms with Gasteiger partial charge in [0, 0.05) is 17.3 Å². The van der Waals surface area contributed by atoms with Crippen LogP contribution in [-0.2, 0) is 4.79 Å². The van der Waals surface area contributed by atoms with Crippen LogP contribution in [0.3, 0.4) is 0 Å². The van der Waals surface area contributed by atoms with E-state index in [2.05, 4.69) is 11.4 Å². The number of nitro groups is 1. The highest BCUT2D eigenvalue weighted by molar-refractivity contribution is 5.97. The number of nitriles is 1. The van der Waals surface area contributed by atoms with E-state index in [1.54, 1.807) is 20.8 Å². The van der Waals surface area contributed by atoms with Gasteiger partial charge in [0.05, 0.1) is 11.0 Å². The van der Waals surface area contributed by atoms with Crippen molar-refractivity contribution < 1.29 is 9.72 Å². The number of hydrogen-bond acceptors (Lipinski definition) is 4. The van der Waals surface area contributed by atoms with Crippen LogP contribution in [0.5, 0.6) is 0 Å². The largest absolute Gasteiger partial charge is 0.325 e. The van der Waals surface area contributed by atoms with Gasteiger partial charge in [0.25, 0.3) is 5.69 Å². The molecule has 0 saturated carbocycles. The molecule has 106 valence electrons. The van der Waals surface area contributed by atoms with Gasteiger partial charge in [-0.3, -0.25) is 14.9 Å². The van der Waals surface area contributed by atoms with E-state index in [0.717, 1.165) is 0 Å². The summed E-state index contributed by atoms with van der Waals surface area (Å²) in [7, 11) is 0. The van der Waals surface area contributed by atoms with Gasteiger partial charge < -0.3 is 5.32 Å². The molecule has 0 atom stereocenters. The molecule has 1 N–H and O–H groups in total. The van der Waals surface area contributed by atoms with E-state index in [1.165, 1.54) is 18.2 Å². The SMILES string of the molecule is CCC(C#N)(CC)C(=O)Nc1ccc([N+](=O)[O-])c(C)c1. The Kier molecular flexibility index (Phi) is 4.81. The number of amides is 1. The number of hydrogen-bond donors (Lipinski definition) is 1. The van der Waals surface area contributed by atoms with Crippen LogP contribution in [0.4, 0.5) is 11.4 Å². The summed E-state index contributed by atoms with van der Waals surface area (Å²) in [5.74, 6) is -0.377.